The minimum atomic E-state index is 0.0369. The predicted molar refractivity (Wildman–Crippen MR) is 92.1 cm³/mol. The molecule has 2 aromatic heterocycles. The summed E-state index contributed by atoms with van der Waals surface area (Å²) in [5, 5.41) is 0. The van der Waals surface area contributed by atoms with Crippen molar-refractivity contribution in [2.75, 3.05) is 46.4 Å². The Bertz CT molecular complexity index is 704. The lowest BCUT2D eigenvalue weighted by molar-refractivity contribution is 0.0594. The number of carbonyl (C=O) groups is 1. The topological polar surface area (TPSA) is 63.5 Å². The molecule has 2 aromatic rings. The summed E-state index contributed by atoms with van der Waals surface area (Å²) in [6, 6.07) is 2.14. The first-order chi connectivity index (χ1) is 11.6. The predicted octanol–water partition coefficient (Wildman–Crippen LogP) is 1.42. The molecule has 0 atom stereocenters. The van der Waals surface area contributed by atoms with E-state index in [1.165, 1.54) is 0 Å². The number of hydrogen-bond acceptors (Lipinski definition) is 5. The van der Waals surface area contributed by atoms with E-state index in [1.807, 2.05) is 15.5 Å². The molecule has 0 N–H and O–H groups in total. The van der Waals surface area contributed by atoms with Gasteiger partial charge in [-0.15, -0.1) is 0 Å². The number of hydrogen-bond donors (Lipinski definition) is 0. The monoisotopic (exact) mass is 331 g/mol. The van der Waals surface area contributed by atoms with Gasteiger partial charge < -0.3 is 14.2 Å². The first kappa shape index (κ1) is 16.9. The molecule has 24 heavy (non-hydrogen) atoms. The summed E-state index contributed by atoms with van der Waals surface area (Å²) in [5.41, 5.74) is 2.21. The van der Waals surface area contributed by atoms with Crippen molar-refractivity contribution in [1.29, 1.82) is 0 Å². The first-order valence-corrected chi connectivity index (χ1v) is 8.43. The maximum Gasteiger partial charge on any atom is 0.255 e. The zero-order chi connectivity index (χ0) is 17.1. The van der Waals surface area contributed by atoms with E-state index < -0.39 is 0 Å². The van der Waals surface area contributed by atoms with Gasteiger partial charge in [0, 0.05) is 52.1 Å². The molecule has 7 nitrogen and oxygen atoms in total. The Labute approximate surface area is 142 Å². The van der Waals surface area contributed by atoms with Gasteiger partial charge in [-0.05, 0) is 19.9 Å². The molecule has 0 unspecified atom stereocenters. The second-order valence-electron chi connectivity index (χ2n) is 6.44. The molecule has 0 spiro atoms. The molecule has 1 saturated heterocycles. The third kappa shape index (κ3) is 3.42. The van der Waals surface area contributed by atoms with E-state index in [4.69, 9.17) is 4.74 Å². The maximum atomic E-state index is 12.7. The molecular weight excluding hydrogens is 306 g/mol. The molecule has 0 aromatic carbocycles. The number of aromatic nitrogens is 3. The third-order valence-corrected chi connectivity index (χ3v) is 4.49. The van der Waals surface area contributed by atoms with Crippen molar-refractivity contribution in [3.05, 3.63) is 24.2 Å². The van der Waals surface area contributed by atoms with Gasteiger partial charge in [0.15, 0.2) is 5.65 Å². The molecule has 0 aliphatic carbocycles. The second kappa shape index (κ2) is 7.27. The number of pyridine rings is 1. The molecule has 0 bridgehead atoms. The molecule has 1 aliphatic heterocycles. The van der Waals surface area contributed by atoms with E-state index in [9.17, 15) is 4.79 Å². The highest BCUT2D eigenvalue weighted by Crippen LogP contribution is 2.17. The normalized spacial score (nSPS) is 16.2. The second-order valence-corrected chi connectivity index (χ2v) is 6.44. The number of piperazine rings is 1. The number of methoxy groups -OCH3 is 1. The zero-order valence-electron chi connectivity index (χ0n) is 14.6. The lowest BCUT2D eigenvalue weighted by Gasteiger charge is -2.34. The summed E-state index contributed by atoms with van der Waals surface area (Å²) in [6.07, 6.45) is 3.45. The fraction of sp³-hybridized carbons (Fsp3) is 0.588. The molecule has 130 valence electrons. The van der Waals surface area contributed by atoms with Crippen LogP contribution in [0.25, 0.3) is 11.2 Å². The minimum absolute atomic E-state index is 0.0369. The summed E-state index contributed by atoms with van der Waals surface area (Å²) >= 11 is 0. The van der Waals surface area contributed by atoms with Crippen LogP contribution < -0.4 is 0 Å². The van der Waals surface area contributed by atoms with Crippen molar-refractivity contribution in [1.82, 2.24) is 24.3 Å². The molecule has 1 amide bonds. The van der Waals surface area contributed by atoms with Crippen molar-refractivity contribution in [2.24, 2.45) is 0 Å². The lowest BCUT2D eigenvalue weighted by Crippen LogP contribution is -2.49. The van der Waals surface area contributed by atoms with Crippen LogP contribution in [-0.2, 0) is 4.74 Å². The quantitative estimate of drug-likeness (QED) is 0.829. The van der Waals surface area contributed by atoms with Gasteiger partial charge in [-0.1, -0.05) is 0 Å². The van der Waals surface area contributed by atoms with E-state index in [1.54, 1.807) is 19.6 Å². The van der Waals surface area contributed by atoms with Gasteiger partial charge in [-0.25, -0.2) is 9.97 Å². The zero-order valence-corrected chi connectivity index (χ0v) is 14.6. The maximum absolute atomic E-state index is 12.7. The van der Waals surface area contributed by atoms with Crippen molar-refractivity contribution in [2.45, 2.75) is 19.9 Å². The Balaban J connectivity index is 1.68. The van der Waals surface area contributed by atoms with Gasteiger partial charge in [0.25, 0.3) is 5.91 Å². The van der Waals surface area contributed by atoms with Gasteiger partial charge in [0.1, 0.15) is 5.52 Å². The van der Waals surface area contributed by atoms with Crippen LogP contribution >= 0.6 is 0 Å². The van der Waals surface area contributed by atoms with Gasteiger partial charge in [-0.2, -0.15) is 0 Å². The van der Waals surface area contributed by atoms with Crippen LogP contribution in [0.5, 0.6) is 0 Å². The van der Waals surface area contributed by atoms with E-state index in [2.05, 4.69) is 28.7 Å². The van der Waals surface area contributed by atoms with Crippen molar-refractivity contribution < 1.29 is 9.53 Å². The van der Waals surface area contributed by atoms with E-state index in [0.29, 0.717) is 11.6 Å². The fourth-order valence-electron chi connectivity index (χ4n) is 2.99. The number of fused-ring (bicyclic) bond motifs is 1. The largest absolute Gasteiger partial charge is 0.383 e. The van der Waals surface area contributed by atoms with Crippen LogP contribution in [0.15, 0.2) is 18.6 Å². The highest BCUT2D eigenvalue weighted by molar-refractivity contribution is 5.96. The highest BCUT2D eigenvalue weighted by Gasteiger charge is 2.22. The average molecular weight is 331 g/mol. The Kier molecular flexibility index (Phi) is 5.11. The number of imidazole rings is 1. The van der Waals surface area contributed by atoms with Gasteiger partial charge in [0.05, 0.1) is 18.5 Å². The molecule has 3 rings (SSSR count). The van der Waals surface area contributed by atoms with Crippen LogP contribution in [-0.4, -0.2) is 76.7 Å². The highest BCUT2D eigenvalue weighted by atomic mass is 16.5. The Hall–Kier alpha value is -1.99. The smallest absolute Gasteiger partial charge is 0.255 e. The Morgan fingerprint density at radius 2 is 2.00 bits per heavy atom. The number of nitrogens with zero attached hydrogens (tertiary/aromatic N) is 5. The number of ether oxygens (including phenoxy) is 1. The van der Waals surface area contributed by atoms with Gasteiger partial charge >= 0.3 is 0 Å². The minimum Gasteiger partial charge on any atom is -0.383 e. The summed E-state index contributed by atoms with van der Waals surface area (Å²) < 4.78 is 7.12. The molecule has 0 saturated carbocycles. The van der Waals surface area contributed by atoms with Crippen LogP contribution in [0, 0.1) is 0 Å². The van der Waals surface area contributed by atoms with Crippen molar-refractivity contribution in [3.63, 3.8) is 0 Å². The summed E-state index contributed by atoms with van der Waals surface area (Å²) in [6.45, 7) is 9.06. The molecule has 1 aliphatic rings. The number of carbonyl (C=O) groups excluding carboxylic acids is 1. The van der Waals surface area contributed by atoms with Gasteiger partial charge in [-0.3, -0.25) is 9.69 Å². The van der Waals surface area contributed by atoms with Crippen LogP contribution in [0.3, 0.4) is 0 Å². The number of amides is 1. The average Bonchev–Trinajstić information content (AvgIpc) is 3.03. The molecule has 0 radical (unpaired) electrons. The van der Waals surface area contributed by atoms with E-state index in [0.717, 1.165) is 50.5 Å². The SMILES string of the molecule is COCCN1CCN(C(=O)c2cnc3c(c2)ncn3C(C)C)CC1. The molecular formula is C17H25N5O2. The molecule has 3 heterocycles. The van der Waals surface area contributed by atoms with E-state index in [-0.39, 0.29) is 5.91 Å². The Morgan fingerprint density at radius 1 is 1.25 bits per heavy atom. The fourth-order valence-corrected chi connectivity index (χ4v) is 2.99. The molecule has 7 heteroatoms. The summed E-state index contributed by atoms with van der Waals surface area (Å²) in [5.74, 6) is 0.0369. The number of rotatable bonds is 5. The van der Waals surface area contributed by atoms with Crippen molar-refractivity contribution >= 4 is 17.1 Å². The van der Waals surface area contributed by atoms with Gasteiger partial charge in [0.2, 0.25) is 0 Å². The van der Waals surface area contributed by atoms with Crippen LogP contribution in [0.4, 0.5) is 0 Å². The first-order valence-electron chi connectivity index (χ1n) is 8.43. The summed E-state index contributed by atoms with van der Waals surface area (Å²) in [4.78, 5) is 25.8. The lowest BCUT2D eigenvalue weighted by atomic mass is 10.2. The Morgan fingerprint density at radius 3 is 2.67 bits per heavy atom. The van der Waals surface area contributed by atoms with Crippen molar-refractivity contribution in [3.8, 4) is 0 Å². The van der Waals surface area contributed by atoms with Crippen LogP contribution in [0.2, 0.25) is 0 Å². The summed E-state index contributed by atoms with van der Waals surface area (Å²) in [7, 11) is 1.71. The third-order valence-electron chi connectivity index (χ3n) is 4.49. The molecule has 1 fully saturated rings. The standard InChI is InChI=1S/C17H25N5O2/c1-13(2)22-12-19-15-10-14(11-18-16(15)22)17(23)21-6-4-20(5-7-21)8-9-24-3/h10-13H,4-9H2,1-3H3. The van der Waals surface area contributed by atoms with E-state index >= 15 is 0 Å². The van der Waals surface area contributed by atoms with Crippen LogP contribution in [0.1, 0.15) is 30.2 Å².